The van der Waals surface area contributed by atoms with Gasteiger partial charge in [0.2, 0.25) is 4.96 Å². The Morgan fingerprint density at radius 3 is 2.81 bits per heavy atom. The lowest BCUT2D eigenvalue weighted by atomic mass is 10.3. The predicted octanol–water partition coefficient (Wildman–Crippen LogP) is 2.29. The molecule has 0 radical (unpaired) electrons. The summed E-state index contributed by atoms with van der Waals surface area (Å²) in [5.74, 6) is -0.204. The minimum absolute atomic E-state index is 0.131. The number of fused-ring (bicyclic) bond motifs is 1. The molecule has 0 amide bonds. The van der Waals surface area contributed by atoms with Gasteiger partial charge in [-0.2, -0.15) is 9.61 Å². The van der Waals surface area contributed by atoms with Gasteiger partial charge in [-0.1, -0.05) is 11.3 Å². The van der Waals surface area contributed by atoms with Crippen molar-refractivity contribution < 1.29 is 18.7 Å². The largest absolute Gasteiger partial charge is 0.482 e. The van der Waals surface area contributed by atoms with Crippen LogP contribution in [0.5, 0.6) is 5.75 Å². The number of ether oxygens (including phenoxy) is 2. The highest BCUT2D eigenvalue weighted by molar-refractivity contribution is 7.16. The van der Waals surface area contributed by atoms with Crippen LogP contribution in [0.15, 0.2) is 35.1 Å². The number of carbonyl (C=O) groups excluding carboxylic acids is 1. The van der Waals surface area contributed by atoms with Crippen molar-refractivity contribution in [2.45, 2.75) is 25.4 Å². The molecule has 0 bridgehead atoms. The summed E-state index contributed by atoms with van der Waals surface area (Å²) in [4.78, 5) is 28.7. The molecule has 1 saturated carbocycles. The zero-order chi connectivity index (χ0) is 18.1. The van der Waals surface area contributed by atoms with E-state index in [2.05, 4.69) is 10.1 Å². The third-order valence-corrected chi connectivity index (χ3v) is 4.86. The fourth-order valence-corrected chi connectivity index (χ4v) is 3.40. The van der Waals surface area contributed by atoms with E-state index < -0.39 is 5.97 Å². The number of aromatic nitrogens is 3. The van der Waals surface area contributed by atoms with Crippen LogP contribution in [0.1, 0.15) is 29.5 Å². The van der Waals surface area contributed by atoms with E-state index in [-0.39, 0.29) is 24.6 Å². The molecule has 0 saturated heterocycles. The first kappa shape index (κ1) is 16.6. The second kappa shape index (κ2) is 6.83. The first-order valence-electron chi connectivity index (χ1n) is 8.02. The Labute approximate surface area is 151 Å². The maximum absolute atomic E-state index is 12.8. The van der Waals surface area contributed by atoms with Crippen LogP contribution >= 0.6 is 11.3 Å². The predicted molar refractivity (Wildman–Crippen MR) is 90.8 cm³/mol. The number of rotatable bonds is 6. The summed E-state index contributed by atoms with van der Waals surface area (Å²) >= 11 is 1.38. The molecule has 1 fully saturated rings. The molecule has 3 aromatic rings. The molecule has 0 aliphatic heterocycles. The van der Waals surface area contributed by atoms with Crippen molar-refractivity contribution in [2.75, 3.05) is 6.61 Å². The molecule has 0 N–H and O–H groups in total. The molecule has 2 heterocycles. The van der Waals surface area contributed by atoms with Gasteiger partial charge in [-0.25, -0.2) is 14.2 Å². The number of benzene rings is 1. The Bertz CT molecular complexity index is 1010. The van der Waals surface area contributed by atoms with Crippen molar-refractivity contribution in [1.82, 2.24) is 14.6 Å². The molecule has 0 unspecified atom stereocenters. The first-order chi connectivity index (χ1) is 12.6. The van der Waals surface area contributed by atoms with Crippen molar-refractivity contribution in [1.29, 1.82) is 0 Å². The highest BCUT2D eigenvalue weighted by atomic mass is 32.1. The molecular formula is C17H14FN3O4S. The molecule has 4 rings (SSSR count). The molecule has 9 heteroatoms. The number of nitrogens with zero attached hydrogens (tertiary/aromatic N) is 3. The van der Waals surface area contributed by atoms with Crippen molar-refractivity contribution in [3.05, 3.63) is 57.2 Å². The number of hydrogen-bond acceptors (Lipinski definition) is 7. The van der Waals surface area contributed by atoms with E-state index in [1.165, 1.54) is 46.2 Å². The van der Waals surface area contributed by atoms with E-state index in [1.54, 1.807) is 0 Å². The van der Waals surface area contributed by atoms with Crippen molar-refractivity contribution in [3.8, 4) is 5.75 Å². The van der Waals surface area contributed by atoms with Crippen molar-refractivity contribution >= 4 is 22.3 Å². The van der Waals surface area contributed by atoms with Crippen LogP contribution in [-0.4, -0.2) is 27.2 Å². The molecule has 2 aromatic heterocycles. The summed E-state index contributed by atoms with van der Waals surface area (Å²) in [6.07, 6.45) is 2.18. The van der Waals surface area contributed by atoms with Crippen molar-refractivity contribution in [2.24, 2.45) is 0 Å². The number of carbonyl (C=O) groups is 1. The van der Waals surface area contributed by atoms with Gasteiger partial charge >= 0.3 is 5.97 Å². The minimum Gasteiger partial charge on any atom is -0.482 e. The zero-order valence-corrected chi connectivity index (χ0v) is 14.4. The second-order valence-electron chi connectivity index (χ2n) is 5.90. The van der Waals surface area contributed by atoms with Gasteiger partial charge in [-0.3, -0.25) is 4.79 Å². The fourth-order valence-electron chi connectivity index (χ4n) is 2.31. The van der Waals surface area contributed by atoms with Gasteiger partial charge in [0.1, 0.15) is 23.2 Å². The molecule has 134 valence electrons. The Morgan fingerprint density at radius 1 is 1.31 bits per heavy atom. The zero-order valence-electron chi connectivity index (χ0n) is 13.6. The summed E-state index contributed by atoms with van der Waals surface area (Å²) in [6.45, 7) is -0.451. The highest BCUT2D eigenvalue weighted by Gasteiger charge is 2.28. The lowest BCUT2D eigenvalue weighted by Crippen LogP contribution is -2.18. The average molecular weight is 375 g/mol. The van der Waals surface area contributed by atoms with Crippen LogP contribution < -0.4 is 10.3 Å². The lowest BCUT2D eigenvalue weighted by Gasteiger charge is -2.06. The van der Waals surface area contributed by atoms with Gasteiger partial charge in [-0.15, -0.1) is 0 Å². The van der Waals surface area contributed by atoms with E-state index in [4.69, 9.17) is 9.47 Å². The van der Waals surface area contributed by atoms with Gasteiger partial charge in [0.25, 0.3) is 5.56 Å². The molecule has 7 nitrogen and oxygen atoms in total. The Hall–Kier alpha value is -2.81. The van der Waals surface area contributed by atoms with Crippen LogP contribution in [0.25, 0.3) is 4.96 Å². The van der Waals surface area contributed by atoms with E-state index in [1.807, 2.05) is 0 Å². The van der Waals surface area contributed by atoms with E-state index in [0.29, 0.717) is 22.3 Å². The standard InChI is InChI=1S/C17H14FN3O4S/c18-11-3-5-13(6-4-11)24-9-15(23)25-8-12-7-14(22)21-17(19-12)26-16(20-21)10-1-2-10/h3-7,10H,1-2,8-9H2. The fraction of sp³-hybridized carbons (Fsp3) is 0.294. The van der Waals surface area contributed by atoms with Gasteiger partial charge in [0, 0.05) is 12.0 Å². The SMILES string of the molecule is O=C(COc1ccc(F)cc1)OCc1cc(=O)n2nc(C3CC3)sc2n1. The molecule has 1 aliphatic rings. The Kier molecular flexibility index (Phi) is 4.37. The third-order valence-electron chi connectivity index (χ3n) is 3.79. The van der Waals surface area contributed by atoms with Gasteiger partial charge in [-0.05, 0) is 37.1 Å². The molecular weight excluding hydrogens is 361 g/mol. The lowest BCUT2D eigenvalue weighted by molar-refractivity contribution is -0.147. The van der Waals surface area contributed by atoms with Crippen molar-refractivity contribution in [3.63, 3.8) is 0 Å². The molecule has 1 aliphatic carbocycles. The highest BCUT2D eigenvalue weighted by Crippen LogP contribution is 2.41. The number of esters is 1. The smallest absolute Gasteiger partial charge is 0.344 e. The van der Waals surface area contributed by atoms with Gasteiger partial charge < -0.3 is 9.47 Å². The monoisotopic (exact) mass is 375 g/mol. The quantitative estimate of drug-likeness (QED) is 0.615. The Balaban J connectivity index is 1.36. The molecule has 1 aromatic carbocycles. The topological polar surface area (TPSA) is 82.8 Å². The summed E-state index contributed by atoms with van der Waals surface area (Å²) < 4.78 is 24.4. The maximum Gasteiger partial charge on any atom is 0.344 e. The molecule has 0 spiro atoms. The van der Waals surface area contributed by atoms with Crippen LogP contribution in [-0.2, 0) is 16.1 Å². The van der Waals surface area contributed by atoms with Gasteiger partial charge in [0.15, 0.2) is 6.61 Å². The average Bonchev–Trinajstić information content (AvgIpc) is 3.39. The third kappa shape index (κ3) is 3.72. The summed E-state index contributed by atoms with van der Waals surface area (Å²) in [5.41, 5.74) is 0.0582. The number of hydrogen-bond donors (Lipinski definition) is 0. The van der Waals surface area contributed by atoms with E-state index >= 15 is 0 Å². The van der Waals surface area contributed by atoms with E-state index in [9.17, 15) is 14.0 Å². The Morgan fingerprint density at radius 2 is 2.08 bits per heavy atom. The summed E-state index contributed by atoms with van der Waals surface area (Å²) in [5, 5.41) is 5.20. The van der Waals surface area contributed by atoms with Crippen LogP contribution in [0.4, 0.5) is 4.39 Å². The second-order valence-corrected chi connectivity index (χ2v) is 6.89. The van der Waals surface area contributed by atoms with Crippen LogP contribution in [0, 0.1) is 5.82 Å². The summed E-state index contributed by atoms with van der Waals surface area (Å²) in [7, 11) is 0. The normalized spacial score (nSPS) is 13.7. The maximum atomic E-state index is 12.8. The van der Waals surface area contributed by atoms with Gasteiger partial charge in [0.05, 0.1) is 5.69 Å². The molecule has 0 atom stereocenters. The number of halogens is 1. The van der Waals surface area contributed by atoms with Crippen LogP contribution in [0.2, 0.25) is 0 Å². The summed E-state index contributed by atoms with van der Waals surface area (Å²) in [6, 6.07) is 6.61. The minimum atomic E-state index is -0.612. The first-order valence-corrected chi connectivity index (χ1v) is 8.84. The van der Waals surface area contributed by atoms with E-state index in [0.717, 1.165) is 17.8 Å². The molecule has 26 heavy (non-hydrogen) atoms. The van der Waals surface area contributed by atoms with Crippen LogP contribution in [0.3, 0.4) is 0 Å².